The Balaban J connectivity index is 6.54. The van der Waals surface area contributed by atoms with Crippen molar-refractivity contribution in [3.8, 4) is 0 Å². The number of hydrogen-bond donors (Lipinski definition) is 0. The van der Waals surface area contributed by atoms with Gasteiger partial charge < -0.3 is 0 Å². The van der Waals surface area contributed by atoms with Crippen molar-refractivity contribution in [2.45, 2.75) is 0 Å². The molecule has 0 heterocycles. The molecule has 29 heavy (non-hydrogen) atoms. The van der Waals surface area contributed by atoms with Gasteiger partial charge in [0.25, 0.3) is 0 Å². The molecule has 0 saturated carbocycles. The molecular formula is C16H48O7P6. The minimum absolute atomic E-state index is 1.88. The first-order chi connectivity index (χ1) is 11.5. The van der Waals surface area contributed by atoms with E-state index in [9.17, 15) is 9.13 Å². The van der Waals surface area contributed by atoms with Crippen molar-refractivity contribution >= 4 is 43.0 Å². The summed E-state index contributed by atoms with van der Waals surface area (Å²) < 4.78 is 57.7. The van der Waals surface area contributed by atoms with Crippen LogP contribution in [0, 0.1) is 0 Å². The molecule has 0 aromatic carbocycles. The molecule has 0 aliphatic carbocycles. The fraction of sp³-hybridized carbons (Fsp3) is 1.00. The Morgan fingerprint density at radius 1 is 0.379 bits per heavy atom. The van der Waals surface area contributed by atoms with E-state index in [1.165, 1.54) is 0 Å². The van der Waals surface area contributed by atoms with Gasteiger partial charge in [-0.2, -0.15) is 0 Å². The Hall–Kier alpha value is 1.98. The standard InChI is InChI=1S/C16H48O7P6/c1-26(2,3,4)20-24(17,21-27(5,6,7)8)19-25(18,22-28(9,10,11)12)23-29(13,14,15)16/h1-16H3. The van der Waals surface area contributed by atoms with Crippen LogP contribution in [-0.2, 0) is 30.7 Å². The van der Waals surface area contributed by atoms with Crippen LogP contribution in [0.15, 0.2) is 0 Å². The molecule has 0 saturated heterocycles. The van der Waals surface area contributed by atoms with Crippen LogP contribution in [0.5, 0.6) is 0 Å². The van der Waals surface area contributed by atoms with E-state index in [1.54, 1.807) is 0 Å². The third-order valence-electron chi connectivity index (χ3n) is 1.91. The topological polar surface area (TPSA) is 80.3 Å². The maximum atomic E-state index is 13.9. The van der Waals surface area contributed by atoms with Crippen molar-refractivity contribution in [2.75, 3.05) is 107 Å². The van der Waals surface area contributed by atoms with Crippen molar-refractivity contribution in [3.63, 3.8) is 0 Å². The molecule has 184 valence electrons. The summed E-state index contributed by atoms with van der Waals surface area (Å²) in [7, 11) is -8.60. The van der Waals surface area contributed by atoms with Crippen molar-refractivity contribution < 1.29 is 30.7 Å². The molecule has 0 spiro atoms. The van der Waals surface area contributed by atoms with E-state index in [0.717, 1.165) is 0 Å². The first-order valence-electron chi connectivity index (χ1n) is 9.35. The van der Waals surface area contributed by atoms with E-state index in [4.69, 9.17) is 21.6 Å². The van der Waals surface area contributed by atoms with E-state index < -0.39 is 43.0 Å². The third kappa shape index (κ3) is 18.1. The summed E-state index contributed by atoms with van der Waals surface area (Å²) >= 11 is 0. The van der Waals surface area contributed by atoms with Crippen molar-refractivity contribution in [2.24, 2.45) is 0 Å². The second-order valence-electron chi connectivity index (χ2n) is 15.0. The Morgan fingerprint density at radius 3 is 0.621 bits per heavy atom. The maximum absolute atomic E-state index is 13.9. The van der Waals surface area contributed by atoms with Crippen LogP contribution in [0.3, 0.4) is 0 Å². The zero-order chi connectivity index (χ0) is 24.3. The van der Waals surface area contributed by atoms with Gasteiger partial charge in [-0.15, -0.1) is 0 Å². The molecule has 0 aliphatic heterocycles. The van der Waals surface area contributed by atoms with Crippen molar-refractivity contribution in [1.29, 1.82) is 0 Å². The molecule has 0 atom stereocenters. The van der Waals surface area contributed by atoms with Gasteiger partial charge in [0.05, 0.1) is 0 Å². The monoisotopic (exact) mass is 538 g/mol. The van der Waals surface area contributed by atoms with E-state index >= 15 is 0 Å². The molecular weight excluding hydrogens is 490 g/mol. The summed E-state index contributed by atoms with van der Waals surface area (Å²) in [4.78, 5) is 0. The average molecular weight is 538 g/mol. The van der Waals surface area contributed by atoms with Gasteiger partial charge in [-0.1, -0.05) is 0 Å². The molecule has 0 rings (SSSR count). The summed E-state index contributed by atoms with van der Waals surface area (Å²) in [5.74, 6) is 0. The summed E-state index contributed by atoms with van der Waals surface area (Å²) in [5, 5.41) is 0. The van der Waals surface area contributed by atoms with E-state index in [1.807, 2.05) is 107 Å². The second-order valence-corrected chi connectivity index (χ2v) is 47.3. The molecule has 0 radical (unpaired) electrons. The van der Waals surface area contributed by atoms with Crippen LogP contribution in [0.1, 0.15) is 0 Å². The molecule has 7 nitrogen and oxygen atoms in total. The zero-order valence-corrected chi connectivity index (χ0v) is 26.9. The summed E-state index contributed by atoms with van der Waals surface area (Å²) in [5.41, 5.74) is 0. The second kappa shape index (κ2) is 7.24. The third-order valence-corrected chi connectivity index (χ3v) is 17.2. The van der Waals surface area contributed by atoms with E-state index in [0.29, 0.717) is 0 Å². The van der Waals surface area contributed by atoms with Gasteiger partial charge in [-0.05, 0) is 0 Å². The normalized spacial score (nSPS) is 24.3. The van der Waals surface area contributed by atoms with Crippen molar-refractivity contribution in [1.82, 2.24) is 0 Å². The molecule has 0 aromatic heterocycles. The molecule has 0 aliphatic rings. The Labute approximate surface area is 180 Å². The average Bonchev–Trinajstić information content (AvgIpc) is 1.89. The Kier molecular flexibility index (Phi) is 7.73. The molecule has 0 N–H and O–H groups in total. The predicted molar refractivity (Wildman–Crippen MR) is 143 cm³/mol. The Bertz CT molecular complexity index is 599. The molecule has 0 fully saturated rings. The SMILES string of the molecule is CP(C)(C)(C)OP(=O)(OP(=O)(OP(C)(C)(C)C)OP(C)(C)(C)C)OP(C)(C)(C)C. The summed E-state index contributed by atoms with van der Waals surface area (Å²) in [6.07, 6.45) is 0. The molecule has 0 aromatic rings. The van der Waals surface area contributed by atoms with E-state index in [-0.39, 0.29) is 0 Å². The summed E-state index contributed by atoms with van der Waals surface area (Å²) in [6.45, 7) is 18.6. The molecule has 0 amide bonds. The number of hydrogen-bond acceptors (Lipinski definition) is 7. The van der Waals surface area contributed by atoms with Gasteiger partial charge >= 0.3 is 180 Å². The first-order valence-corrected chi connectivity index (χ1v) is 28.0. The van der Waals surface area contributed by atoms with Gasteiger partial charge in [0.2, 0.25) is 0 Å². The van der Waals surface area contributed by atoms with Gasteiger partial charge in [0.1, 0.15) is 0 Å². The Morgan fingerprint density at radius 2 is 0.517 bits per heavy atom. The van der Waals surface area contributed by atoms with Gasteiger partial charge in [0.15, 0.2) is 0 Å². The van der Waals surface area contributed by atoms with Crippen LogP contribution < -0.4 is 0 Å². The van der Waals surface area contributed by atoms with Crippen LogP contribution >= 0.6 is 43.0 Å². The van der Waals surface area contributed by atoms with Crippen LogP contribution in [0.4, 0.5) is 0 Å². The summed E-state index contributed by atoms with van der Waals surface area (Å²) in [6, 6.07) is 0. The van der Waals surface area contributed by atoms with E-state index in [2.05, 4.69) is 0 Å². The predicted octanol–water partition coefficient (Wildman–Crippen LogP) is 7.24. The molecule has 13 heteroatoms. The van der Waals surface area contributed by atoms with Gasteiger partial charge in [0, 0.05) is 0 Å². The van der Waals surface area contributed by atoms with Gasteiger partial charge in [-0.25, -0.2) is 0 Å². The minimum atomic E-state index is -4.30. The molecule has 0 bridgehead atoms. The quantitative estimate of drug-likeness (QED) is 0.271. The fourth-order valence-corrected chi connectivity index (χ4v) is 17.9. The first kappa shape index (κ1) is 31.0. The van der Waals surface area contributed by atoms with Gasteiger partial charge in [-0.3, -0.25) is 0 Å². The number of phosphoric acid groups is 2. The number of rotatable bonds is 10. The van der Waals surface area contributed by atoms with Crippen molar-refractivity contribution in [3.05, 3.63) is 0 Å². The zero-order valence-electron chi connectivity index (χ0n) is 21.5. The van der Waals surface area contributed by atoms with Crippen LogP contribution in [0.25, 0.3) is 0 Å². The van der Waals surface area contributed by atoms with Crippen LogP contribution in [-0.4, -0.2) is 107 Å². The fourth-order valence-electron chi connectivity index (χ4n) is 1.81. The van der Waals surface area contributed by atoms with Crippen LogP contribution in [0.2, 0.25) is 0 Å². The molecule has 0 unspecified atom stereocenters.